The molecule has 0 saturated carbocycles. The Balaban J connectivity index is 2.15. The van der Waals surface area contributed by atoms with Crippen LogP contribution in [-0.4, -0.2) is 24.5 Å². The SMILES string of the molecule is Cc1cc(N2CCC(NC(C)C)C2=O)ccc1Br. The standard InChI is InChI=1S/C14H19BrN2O/c1-9(2)16-13-6-7-17(14(13)18)11-4-5-12(15)10(3)8-11/h4-5,8-9,13,16H,6-7H2,1-3H3. The van der Waals surface area contributed by atoms with Crippen molar-refractivity contribution >= 4 is 27.5 Å². The molecule has 18 heavy (non-hydrogen) atoms. The highest BCUT2D eigenvalue weighted by Gasteiger charge is 2.32. The van der Waals surface area contributed by atoms with Crippen molar-refractivity contribution in [2.24, 2.45) is 0 Å². The molecule has 1 aliphatic rings. The van der Waals surface area contributed by atoms with Crippen molar-refractivity contribution in [3.05, 3.63) is 28.2 Å². The molecular formula is C14H19BrN2O. The van der Waals surface area contributed by atoms with E-state index in [2.05, 4.69) is 41.2 Å². The van der Waals surface area contributed by atoms with E-state index < -0.39 is 0 Å². The van der Waals surface area contributed by atoms with Crippen LogP contribution in [0, 0.1) is 6.92 Å². The third kappa shape index (κ3) is 2.75. The Bertz CT molecular complexity index is 459. The predicted octanol–water partition coefficient (Wildman–Crippen LogP) is 2.86. The van der Waals surface area contributed by atoms with Gasteiger partial charge in [0, 0.05) is 22.7 Å². The first-order valence-electron chi connectivity index (χ1n) is 6.32. The summed E-state index contributed by atoms with van der Waals surface area (Å²) in [6, 6.07) is 6.35. The lowest BCUT2D eigenvalue weighted by molar-refractivity contribution is -0.118. The number of halogens is 1. The van der Waals surface area contributed by atoms with Gasteiger partial charge in [0.15, 0.2) is 0 Å². The minimum atomic E-state index is -0.0334. The van der Waals surface area contributed by atoms with Crippen molar-refractivity contribution in [2.75, 3.05) is 11.4 Å². The number of benzene rings is 1. The average molecular weight is 311 g/mol. The number of carbonyl (C=O) groups is 1. The molecule has 4 heteroatoms. The van der Waals surface area contributed by atoms with Crippen LogP contribution in [0.4, 0.5) is 5.69 Å². The van der Waals surface area contributed by atoms with Crippen LogP contribution in [0.25, 0.3) is 0 Å². The van der Waals surface area contributed by atoms with Crippen molar-refractivity contribution in [2.45, 2.75) is 39.3 Å². The predicted molar refractivity (Wildman–Crippen MR) is 77.9 cm³/mol. The first kappa shape index (κ1) is 13.6. The molecule has 2 rings (SSSR count). The number of hydrogen-bond donors (Lipinski definition) is 1. The Morgan fingerprint density at radius 1 is 1.44 bits per heavy atom. The van der Waals surface area contributed by atoms with E-state index in [1.54, 1.807) is 0 Å². The van der Waals surface area contributed by atoms with Crippen molar-refractivity contribution < 1.29 is 4.79 Å². The summed E-state index contributed by atoms with van der Waals surface area (Å²) in [5.41, 5.74) is 2.15. The molecular weight excluding hydrogens is 292 g/mol. The normalized spacial score (nSPS) is 19.9. The van der Waals surface area contributed by atoms with Gasteiger partial charge in [-0.2, -0.15) is 0 Å². The van der Waals surface area contributed by atoms with Gasteiger partial charge in [0.1, 0.15) is 0 Å². The maximum Gasteiger partial charge on any atom is 0.244 e. The molecule has 0 bridgehead atoms. The van der Waals surface area contributed by atoms with E-state index in [0.29, 0.717) is 6.04 Å². The van der Waals surface area contributed by atoms with Gasteiger partial charge < -0.3 is 10.2 Å². The largest absolute Gasteiger partial charge is 0.311 e. The first-order chi connectivity index (χ1) is 8.49. The molecule has 1 saturated heterocycles. The molecule has 3 nitrogen and oxygen atoms in total. The monoisotopic (exact) mass is 310 g/mol. The van der Waals surface area contributed by atoms with Crippen LogP contribution < -0.4 is 10.2 Å². The average Bonchev–Trinajstić information content (AvgIpc) is 2.64. The van der Waals surface area contributed by atoms with Crippen molar-refractivity contribution in [1.29, 1.82) is 0 Å². The Kier molecular flexibility index (Phi) is 4.07. The van der Waals surface area contributed by atoms with Crippen LogP contribution in [-0.2, 0) is 4.79 Å². The minimum Gasteiger partial charge on any atom is -0.311 e. The lowest BCUT2D eigenvalue weighted by Crippen LogP contribution is -2.41. The molecule has 1 heterocycles. The highest BCUT2D eigenvalue weighted by atomic mass is 79.9. The smallest absolute Gasteiger partial charge is 0.244 e. The first-order valence-corrected chi connectivity index (χ1v) is 7.12. The van der Waals surface area contributed by atoms with Gasteiger partial charge in [0.2, 0.25) is 5.91 Å². The number of nitrogens with zero attached hydrogens (tertiary/aromatic N) is 1. The highest BCUT2D eigenvalue weighted by Crippen LogP contribution is 2.26. The van der Waals surface area contributed by atoms with Gasteiger partial charge >= 0.3 is 0 Å². The summed E-state index contributed by atoms with van der Waals surface area (Å²) in [5.74, 6) is 0.186. The molecule has 1 N–H and O–H groups in total. The summed E-state index contributed by atoms with van der Waals surface area (Å²) >= 11 is 3.48. The highest BCUT2D eigenvalue weighted by molar-refractivity contribution is 9.10. The Labute approximate surface area is 117 Å². The van der Waals surface area contributed by atoms with Gasteiger partial charge in [-0.05, 0) is 37.1 Å². The second-order valence-corrected chi connectivity index (χ2v) is 5.94. The Morgan fingerprint density at radius 2 is 2.17 bits per heavy atom. The van der Waals surface area contributed by atoms with Crippen LogP contribution in [0.5, 0.6) is 0 Å². The fourth-order valence-corrected chi connectivity index (χ4v) is 2.54. The molecule has 1 aromatic carbocycles. The number of nitrogens with one attached hydrogen (secondary N) is 1. The van der Waals surface area contributed by atoms with Gasteiger partial charge in [-0.3, -0.25) is 4.79 Å². The third-order valence-corrected chi connectivity index (χ3v) is 4.08. The third-order valence-electron chi connectivity index (χ3n) is 3.19. The van der Waals surface area contributed by atoms with E-state index in [4.69, 9.17) is 0 Å². The van der Waals surface area contributed by atoms with Crippen LogP contribution in [0.3, 0.4) is 0 Å². The summed E-state index contributed by atoms with van der Waals surface area (Å²) in [7, 11) is 0. The molecule has 0 aliphatic carbocycles. The summed E-state index contributed by atoms with van der Waals surface area (Å²) in [4.78, 5) is 14.2. The fourth-order valence-electron chi connectivity index (χ4n) is 2.29. The zero-order valence-electron chi connectivity index (χ0n) is 11.0. The number of aryl methyl sites for hydroxylation is 1. The van der Waals surface area contributed by atoms with Gasteiger partial charge in [-0.1, -0.05) is 29.8 Å². The van der Waals surface area contributed by atoms with E-state index in [1.165, 1.54) is 0 Å². The van der Waals surface area contributed by atoms with Crippen molar-refractivity contribution in [3.63, 3.8) is 0 Å². The van der Waals surface area contributed by atoms with Gasteiger partial charge in [-0.25, -0.2) is 0 Å². The maximum atomic E-state index is 12.3. The second kappa shape index (κ2) is 5.41. The zero-order chi connectivity index (χ0) is 13.3. The summed E-state index contributed by atoms with van der Waals surface area (Å²) in [5, 5.41) is 3.32. The van der Waals surface area contributed by atoms with E-state index >= 15 is 0 Å². The molecule has 0 aromatic heterocycles. The lowest BCUT2D eigenvalue weighted by atomic mass is 10.2. The topological polar surface area (TPSA) is 32.3 Å². The minimum absolute atomic E-state index is 0.0334. The number of anilines is 1. The summed E-state index contributed by atoms with van der Waals surface area (Å²) in [6.07, 6.45) is 0.881. The molecule has 1 fully saturated rings. The molecule has 1 aromatic rings. The maximum absolute atomic E-state index is 12.3. The zero-order valence-corrected chi connectivity index (χ0v) is 12.6. The molecule has 1 aliphatic heterocycles. The Hall–Kier alpha value is -0.870. The van der Waals surface area contributed by atoms with Crippen molar-refractivity contribution in [3.8, 4) is 0 Å². The molecule has 1 atom stereocenters. The number of hydrogen-bond acceptors (Lipinski definition) is 2. The number of amides is 1. The van der Waals surface area contributed by atoms with Gasteiger partial charge in [0.05, 0.1) is 6.04 Å². The number of rotatable bonds is 3. The summed E-state index contributed by atoms with van der Waals surface area (Å²) in [6.45, 7) is 6.97. The van der Waals surface area contributed by atoms with Gasteiger partial charge in [0.25, 0.3) is 0 Å². The molecule has 98 valence electrons. The summed E-state index contributed by atoms with van der Waals surface area (Å²) < 4.78 is 1.08. The second-order valence-electron chi connectivity index (χ2n) is 5.09. The molecule has 1 amide bonds. The quantitative estimate of drug-likeness (QED) is 0.931. The van der Waals surface area contributed by atoms with Crippen LogP contribution >= 0.6 is 15.9 Å². The van der Waals surface area contributed by atoms with E-state index in [0.717, 1.165) is 28.7 Å². The van der Waals surface area contributed by atoms with Crippen LogP contribution in [0.15, 0.2) is 22.7 Å². The van der Waals surface area contributed by atoms with E-state index in [9.17, 15) is 4.79 Å². The van der Waals surface area contributed by atoms with E-state index in [-0.39, 0.29) is 11.9 Å². The van der Waals surface area contributed by atoms with Crippen LogP contribution in [0.2, 0.25) is 0 Å². The molecule has 0 radical (unpaired) electrons. The van der Waals surface area contributed by atoms with Gasteiger partial charge in [-0.15, -0.1) is 0 Å². The van der Waals surface area contributed by atoms with Crippen LogP contribution in [0.1, 0.15) is 25.8 Å². The van der Waals surface area contributed by atoms with E-state index in [1.807, 2.05) is 24.0 Å². The molecule has 1 unspecified atom stereocenters. The van der Waals surface area contributed by atoms with Crippen molar-refractivity contribution in [1.82, 2.24) is 5.32 Å². The molecule has 0 spiro atoms. The lowest BCUT2D eigenvalue weighted by Gasteiger charge is -2.19. The fraction of sp³-hybridized carbons (Fsp3) is 0.500. The Morgan fingerprint density at radius 3 is 2.78 bits per heavy atom. The number of carbonyl (C=O) groups excluding carboxylic acids is 1.